The zero-order chi connectivity index (χ0) is 28.3. The van der Waals surface area contributed by atoms with Gasteiger partial charge in [0, 0.05) is 34.5 Å². The minimum atomic E-state index is -1.39. The van der Waals surface area contributed by atoms with Gasteiger partial charge in [0.1, 0.15) is 16.7 Å². The lowest BCUT2D eigenvalue weighted by molar-refractivity contribution is -0.147. The molecule has 0 radical (unpaired) electrons. The van der Waals surface area contributed by atoms with E-state index < -0.39 is 16.4 Å². The Labute approximate surface area is 243 Å². The molecule has 1 aliphatic heterocycles. The molecule has 4 aliphatic rings. The van der Waals surface area contributed by atoms with E-state index in [2.05, 4.69) is 27.5 Å². The third kappa shape index (κ3) is 4.32. The molecule has 216 valence electrons. The standard InChI is InChI=1S/C33H38N2O5S/c1-39-22-13-15-24-26(17-22)27-18-33(27,32(37)40-2)19-35-28-16-21(31(36)34-41(38)23-10-6-7-11-23)12-14-25(28)29(30(24)35)20-8-4-3-5-9-20/h12-17,20,23,27H,3-11,18-19H2,1-2H3,(H,34,36). The lowest BCUT2D eigenvalue weighted by atomic mass is 9.81. The molecule has 1 amide bonds. The number of nitrogens with one attached hydrogen (secondary N) is 1. The Morgan fingerprint density at radius 3 is 2.46 bits per heavy atom. The number of amides is 1. The Balaban J connectivity index is 1.41. The Morgan fingerprint density at radius 1 is 0.976 bits per heavy atom. The zero-order valence-electron chi connectivity index (χ0n) is 23.9. The number of esters is 1. The van der Waals surface area contributed by atoms with Crippen molar-refractivity contribution in [3.63, 3.8) is 0 Å². The first-order valence-corrected chi connectivity index (χ1v) is 16.3. The fraction of sp³-hybridized carbons (Fsp3) is 0.515. The minimum Gasteiger partial charge on any atom is -0.497 e. The number of hydrogen-bond acceptors (Lipinski definition) is 5. The van der Waals surface area contributed by atoms with Crippen LogP contribution in [0.4, 0.5) is 0 Å². The average Bonchev–Trinajstić information content (AvgIpc) is 3.34. The number of nitrogens with zero attached hydrogens (tertiary/aromatic N) is 1. The molecule has 3 atom stereocenters. The maximum atomic E-state index is 13.4. The van der Waals surface area contributed by atoms with Crippen molar-refractivity contribution in [3.8, 4) is 17.0 Å². The van der Waals surface area contributed by atoms with Gasteiger partial charge in [-0.3, -0.25) is 14.3 Å². The number of hydrogen-bond donors (Lipinski definition) is 1. The van der Waals surface area contributed by atoms with Gasteiger partial charge in [-0.1, -0.05) is 38.2 Å². The largest absolute Gasteiger partial charge is 0.497 e. The average molecular weight is 575 g/mol. The van der Waals surface area contributed by atoms with Crippen LogP contribution in [0.2, 0.25) is 0 Å². The smallest absolute Gasteiger partial charge is 0.314 e. The highest BCUT2D eigenvalue weighted by molar-refractivity contribution is 7.84. The molecule has 2 aromatic carbocycles. The maximum absolute atomic E-state index is 13.4. The van der Waals surface area contributed by atoms with Crippen LogP contribution < -0.4 is 9.46 Å². The predicted molar refractivity (Wildman–Crippen MR) is 159 cm³/mol. The van der Waals surface area contributed by atoms with Gasteiger partial charge in [0.25, 0.3) is 5.91 Å². The van der Waals surface area contributed by atoms with Crippen LogP contribution in [0.5, 0.6) is 5.75 Å². The second-order valence-corrected chi connectivity index (χ2v) is 13.9. The van der Waals surface area contributed by atoms with E-state index in [1.165, 1.54) is 31.9 Å². The zero-order valence-corrected chi connectivity index (χ0v) is 24.7. The number of ether oxygens (including phenoxy) is 2. The predicted octanol–water partition coefficient (Wildman–Crippen LogP) is 6.36. The fourth-order valence-corrected chi connectivity index (χ4v) is 9.18. The summed E-state index contributed by atoms with van der Waals surface area (Å²) in [6.07, 6.45) is 10.6. The molecule has 3 saturated carbocycles. The molecular weight excluding hydrogens is 536 g/mol. The van der Waals surface area contributed by atoms with Crippen LogP contribution in [0.15, 0.2) is 36.4 Å². The number of carbonyl (C=O) groups excluding carboxylic acids is 2. The summed E-state index contributed by atoms with van der Waals surface area (Å²) in [6.45, 7) is 0.499. The van der Waals surface area contributed by atoms with Crippen LogP contribution in [-0.2, 0) is 27.1 Å². The highest BCUT2D eigenvalue weighted by Crippen LogP contribution is 2.66. The third-order valence-corrected chi connectivity index (χ3v) is 11.6. The maximum Gasteiger partial charge on any atom is 0.314 e. The molecule has 8 heteroatoms. The summed E-state index contributed by atoms with van der Waals surface area (Å²) in [5.41, 5.74) is 5.57. The molecule has 41 heavy (non-hydrogen) atoms. The van der Waals surface area contributed by atoms with E-state index in [9.17, 15) is 13.8 Å². The summed E-state index contributed by atoms with van der Waals surface area (Å²) in [4.78, 5) is 26.7. The van der Waals surface area contributed by atoms with Gasteiger partial charge in [-0.25, -0.2) is 4.21 Å². The topological polar surface area (TPSA) is 86.6 Å². The highest BCUT2D eigenvalue weighted by atomic mass is 32.2. The lowest BCUT2D eigenvalue weighted by Gasteiger charge is -2.24. The van der Waals surface area contributed by atoms with Gasteiger partial charge >= 0.3 is 5.97 Å². The quantitative estimate of drug-likeness (QED) is 0.346. The van der Waals surface area contributed by atoms with E-state index in [0.717, 1.165) is 78.4 Å². The first-order chi connectivity index (χ1) is 19.9. The molecule has 3 unspecified atom stereocenters. The van der Waals surface area contributed by atoms with Gasteiger partial charge in [0.05, 0.1) is 30.6 Å². The first-order valence-electron chi connectivity index (χ1n) is 15.1. The summed E-state index contributed by atoms with van der Waals surface area (Å²) in [7, 11) is 1.76. The van der Waals surface area contributed by atoms with Crippen LogP contribution in [0.25, 0.3) is 22.2 Å². The van der Waals surface area contributed by atoms with Crippen molar-refractivity contribution < 1.29 is 23.3 Å². The van der Waals surface area contributed by atoms with E-state index in [0.29, 0.717) is 18.0 Å². The van der Waals surface area contributed by atoms with Crippen LogP contribution in [-0.4, -0.2) is 40.1 Å². The molecule has 1 N–H and O–H groups in total. The van der Waals surface area contributed by atoms with Gasteiger partial charge in [0.15, 0.2) is 0 Å². The highest BCUT2D eigenvalue weighted by Gasteiger charge is 2.63. The van der Waals surface area contributed by atoms with E-state index in [4.69, 9.17) is 9.47 Å². The van der Waals surface area contributed by atoms with Crippen molar-refractivity contribution in [2.75, 3.05) is 14.2 Å². The van der Waals surface area contributed by atoms with Gasteiger partial charge < -0.3 is 14.0 Å². The Morgan fingerprint density at radius 2 is 1.73 bits per heavy atom. The molecule has 3 aromatic rings. The molecule has 0 bridgehead atoms. The Bertz CT molecular complexity index is 1570. The van der Waals surface area contributed by atoms with Crippen molar-refractivity contribution in [1.29, 1.82) is 0 Å². The van der Waals surface area contributed by atoms with Crippen LogP contribution in [0, 0.1) is 5.41 Å². The summed E-state index contributed by atoms with van der Waals surface area (Å²) < 4.78 is 29.0. The molecule has 7 rings (SSSR count). The molecule has 1 aromatic heterocycles. The second kappa shape index (κ2) is 10.3. The number of methoxy groups -OCH3 is 2. The van der Waals surface area contributed by atoms with Gasteiger partial charge in [-0.2, -0.15) is 0 Å². The molecule has 0 saturated heterocycles. The van der Waals surface area contributed by atoms with Crippen LogP contribution >= 0.6 is 0 Å². The SMILES string of the molecule is COC(=O)C12CC1c1cc(OC)ccc1-c1c(C3CCCCC3)c3ccc(C(=O)NS(=O)C4CCCC4)cc3n1C2. The molecule has 3 fully saturated rings. The van der Waals surface area contributed by atoms with E-state index >= 15 is 0 Å². The molecule has 2 heterocycles. The van der Waals surface area contributed by atoms with E-state index in [1.807, 2.05) is 18.2 Å². The van der Waals surface area contributed by atoms with Crippen molar-refractivity contribution in [1.82, 2.24) is 9.29 Å². The van der Waals surface area contributed by atoms with Crippen molar-refractivity contribution >= 4 is 33.8 Å². The van der Waals surface area contributed by atoms with Crippen molar-refractivity contribution in [2.45, 2.75) is 87.8 Å². The van der Waals surface area contributed by atoms with E-state index in [-0.39, 0.29) is 23.0 Å². The van der Waals surface area contributed by atoms with Gasteiger partial charge in [0.2, 0.25) is 0 Å². The number of aromatic nitrogens is 1. The molecule has 3 aliphatic carbocycles. The van der Waals surface area contributed by atoms with Crippen molar-refractivity contribution in [2.24, 2.45) is 5.41 Å². The number of benzene rings is 2. The van der Waals surface area contributed by atoms with Crippen LogP contribution in [0.3, 0.4) is 0 Å². The summed E-state index contributed by atoms with van der Waals surface area (Å²) in [6, 6.07) is 12.2. The molecule has 0 spiro atoms. The third-order valence-electron chi connectivity index (χ3n) is 10.2. The monoisotopic (exact) mass is 574 g/mol. The van der Waals surface area contributed by atoms with Gasteiger partial charge in [-0.15, -0.1) is 0 Å². The minimum absolute atomic E-state index is 0.0327. The summed E-state index contributed by atoms with van der Waals surface area (Å²) in [5.74, 6) is 0.751. The molecular formula is C33H38N2O5S. The number of rotatable bonds is 6. The summed E-state index contributed by atoms with van der Waals surface area (Å²) in [5, 5.41) is 1.17. The fourth-order valence-electron chi connectivity index (χ4n) is 7.95. The number of carbonyl (C=O) groups is 2. The first kappa shape index (κ1) is 26.7. The number of fused-ring (bicyclic) bond motifs is 7. The van der Waals surface area contributed by atoms with Gasteiger partial charge in [-0.05, 0) is 79.5 Å². The summed E-state index contributed by atoms with van der Waals surface area (Å²) >= 11 is 0. The second-order valence-electron chi connectivity index (χ2n) is 12.4. The Kier molecular flexibility index (Phi) is 6.72. The normalized spacial score (nSPS) is 24.6. The molecule has 7 nitrogen and oxygen atoms in total. The van der Waals surface area contributed by atoms with Crippen LogP contribution in [0.1, 0.15) is 97.5 Å². The van der Waals surface area contributed by atoms with Crippen molar-refractivity contribution in [3.05, 3.63) is 53.1 Å². The Hall–Kier alpha value is -3.13. The lowest BCUT2D eigenvalue weighted by Crippen LogP contribution is -2.31. The van der Waals surface area contributed by atoms with E-state index in [1.54, 1.807) is 7.11 Å².